The number of fused-ring (bicyclic) bond motifs is 4. The molecule has 13 fully saturated rings. The standard InChI is InChI=1S/C28H42O5.C25H46O7Si.C25H46O6Si.C20H36O5.C8H14O3.4CH4/c1-17(12-19-15-28(4,32)26(31)33-16-19)23-9-10-24-20(6-5-11-27(23,24)3)7-8-21-13-22(29)14-25(30)18(21)2;1-17(13-18(14-29-15-28-4)22(26)25(3)23(27)30-16-31-25)19-10-11-20-21(32-33(5,6)7)9-8-12-24(19,20)2;1-18(13-19(15-28-16-27-4)14-25(3)23(26)29-17-30-25)20-10-11-21-22(31-32(5,6)7)9-8-12-24(20,21)2;1-15(10-16(11-21)12-24-13-22-3)17-7-8-18-19(25-14-23-4)6-5-9-20(17,18)2;1-5-6(9)11-7(10-5)8(2,3)4;;;;/h7-8,17,19,22-25,29-30,32H,2,5-6,9-16H2,1,3-4H3;17-22,26H,8-16H2,1-7H3;18-22H,8-17H2,1-7H3;11,15-19H,5-10,12-14H2,1-4H3;5,7H,1-4H3;4*1H4/b20-7+,21-8-;;;;;;;;/t17-,19-,22-,23-,24?,25+,27-,28+;17-,18?,19-,20?,21+,22?,24-,25+;18-,19-,20-,21?,22+,24-,25+;15-,16?,17-,18?,19+,20-;5-,7+;;;;/m11111..../s1. The first kappa shape index (κ1) is 125. The number of aliphatic hydroxyl groups excluding tert-OH is 3. The van der Waals surface area contributed by atoms with E-state index in [0.717, 1.165) is 56.0 Å². The molecule has 31 atom stereocenters. The summed E-state index contributed by atoms with van der Waals surface area (Å²) < 4.78 is 93.2. The van der Waals surface area contributed by atoms with Gasteiger partial charge in [-0.2, -0.15) is 0 Å². The van der Waals surface area contributed by atoms with E-state index in [9.17, 15) is 44.4 Å². The number of cyclic esters (lactones) is 4. The molecule has 26 nitrogen and oxygen atoms in total. The topological polar surface area (TPSA) is 323 Å². The van der Waals surface area contributed by atoms with Crippen LogP contribution in [0.4, 0.5) is 0 Å². The van der Waals surface area contributed by atoms with E-state index in [1.807, 2.05) is 27.7 Å². The highest BCUT2D eigenvalue weighted by atomic mass is 28.4. The molecule has 0 aromatic heterocycles. The van der Waals surface area contributed by atoms with Crippen molar-refractivity contribution in [2.45, 2.75) is 418 Å². The van der Waals surface area contributed by atoms with Crippen LogP contribution in [0.3, 0.4) is 0 Å². The molecular weight excluding hydrogens is 1790 g/mol. The molecule has 0 amide bonds. The van der Waals surface area contributed by atoms with Gasteiger partial charge >= 0.3 is 23.9 Å². The summed E-state index contributed by atoms with van der Waals surface area (Å²) in [5.74, 6) is 5.51. The quantitative estimate of drug-likeness (QED) is 0.0112. The molecule has 4 heterocycles. The Labute approximate surface area is 837 Å². The molecule has 7 unspecified atom stereocenters. The molecule has 9 saturated carbocycles. The van der Waals surface area contributed by atoms with Crippen molar-refractivity contribution < 1.29 is 124 Å². The van der Waals surface area contributed by atoms with Crippen LogP contribution in [0.15, 0.2) is 35.5 Å². The van der Waals surface area contributed by atoms with Gasteiger partial charge in [0.15, 0.2) is 53.1 Å². The third kappa shape index (κ3) is 32.0. The summed E-state index contributed by atoms with van der Waals surface area (Å²) >= 11 is 0. The van der Waals surface area contributed by atoms with Gasteiger partial charge in [-0.15, -0.1) is 0 Å². The Morgan fingerprint density at radius 2 is 1.04 bits per heavy atom. The highest BCUT2D eigenvalue weighted by Crippen LogP contribution is 2.64. The van der Waals surface area contributed by atoms with Gasteiger partial charge in [-0.25, -0.2) is 19.2 Å². The van der Waals surface area contributed by atoms with Crippen LogP contribution in [0.2, 0.25) is 39.3 Å². The molecule has 28 heteroatoms. The number of carbonyl (C=O) groups excluding carboxylic acids is 5. The highest BCUT2D eigenvalue weighted by Gasteiger charge is 2.60. The van der Waals surface area contributed by atoms with Crippen molar-refractivity contribution in [1.29, 1.82) is 0 Å². The molecule has 0 aromatic rings. The van der Waals surface area contributed by atoms with Gasteiger partial charge in [-0.3, -0.25) is 0 Å². The summed E-state index contributed by atoms with van der Waals surface area (Å²) in [6, 6.07) is 0. The minimum atomic E-state index is -1.60. The van der Waals surface area contributed by atoms with Gasteiger partial charge in [0.25, 0.3) is 0 Å². The molecule has 4 saturated heterocycles. The van der Waals surface area contributed by atoms with Gasteiger partial charge in [-0.05, 0) is 337 Å². The van der Waals surface area contributed by atoms with E-state index in [1.165, 1.54) is 121 Å². The number of allylic oxidation sites excluding steroid dienone is 3. The maximum absolute atomic E-state index is 12.3. The Bertz CT molecular complexity index is 3760. The molecular formula is C110H200O26Si2. The molecule has 4 N–H and O–H groups in total. The number of ether oxygens (including phenoxy) is 15. The number of aldehydes is 1. The Morgan fingerprint density at radius 1 is 0.558 bits per heavy atom. The van der Waals surface area contributed by atoms with Crippen LogP contribution in [0.5, 0.6) is 0 Å². The molecule has 9 aliphatic carbocycles. The van der Waals surface area contributed by atoms with E-state index in [4.69, 9.17) is 79.9 Å². The average molecular weight is 1990 g/mol. The van der Waals surface area contributed by atoms with Gasteiger partial charge in [0.1, 0.15) is 33.5 Å². The van der Waals surface area contributed by atoms with Crippen molar-refractivity contribution in [1.82, 2.24) is 0 Å². The lowest BCUT2D eigenvalue weighted by molar-refractivity contribution is -0.177. The molecule has 13 aliphatic rings. The summed E-state index contributed by atoms with van der Waals surface area (Å²) in [4.78, 5) is 58.7. The molecule has 4 aliphatic heterocycles. The number of rotatable bonds is 37. The van der Waals surface area contributed by atoms with Crippen LogP contribution in [0.1, 0.15) is 313 Å². The van der Waals surface area contributed by atoms with Crippen LogP contribution < -0.4 is 0 Å². The molecule has 0 aromatic carbocycles. The van der Waals surface area contributed by atoms with Crippen LogP contribution in [0.25, 0.3) is 0 Å². The number of methoxy groups -OCH3 is 4. The zero-order chi connectivity index (χ0) is 98.9. The second kappa shape index (κ2) is 54.5. The summed E-state index contributed by atoms with van der Waals surface area (Å²) in [5, 5.41) is 41.8. The van der Waals surface area contributed by atoms with Gasteiger partial charge in [0.05, 0.1) is 50.8 Å². The molecule has 0 spiro atoms. The van der Waals surface area contributed by atoms with E-state index < -0.39 is 69.8 Å². The SMILES string of the molecule is C.C.C.C.C=C1/C(=C\C=C2/CCC[C@@]3(C)C2CC[C@@H]3[C@H](C)C[C@H]2COC(=O)[C@@](C)(O)C2)C[C@@H](O)C[C@@H]1O.COCOCC(C=O)C[C@@H](C)[C@H]1CCC2[C@@H](OCOC)CCC[C@@]21C.COCOCC(C[C@@H](C)[C@H]1CCC2[C@@H](O[Si](C)(C)C)CCC[C@@]21C)C(O)[C@]1(C)OCOC1=O.COCOC[C@H](C[C@@H](C)[C@H]1CCC2[C@@H](O[Si](C)(C)C)CCC[C@@]21C)C[C@]1(C)OCOC1=O.C[C@H]1O[C@H](C(C)(C)C)OC1=O. The van der Waals surface area contributed by atoms with E-state index in [1.54, 1.807) is 49.2 Å². The Kier molecular flexibility index (Phi) is 49.3. The fraction of sp³-hybridized carbons (Fsp3) is 0.900. The van der Waals surface area contributed by atoms with Crippen LogP contribution in [-0.2, 0) is 104 Å². The first-order chi connectivity index (χ1) is 62.9. The smallest absolute Gasteiger partial charge is 0.343 e. The summed E-state index contributed by atoms with van der Waals surface area (Å²) in [6.07, 6.45) is 33.7. The maximum atomic E-state index is 12.3. The minimum Gasteiger partial charge on any atom is -0.463 e. The van der Waals surface area contributed by atoms with E-state index >= 15 is 0 Å². The van der Waals surface area contributed by atoms with E-state index in [2.05, 4.69) is 113 Å². The lowest BCUT2D eigenvalue weighted by Crippen LogP contribution is -2.51. The van der Waals surface area contributed by atoms with E-state index in [-0.39, 0.29) is 122 Å². The fourth-order valence-corrected chi connectivity index (χ4v) is 30.3. The molecule has 138 heavy (non-hydrogen) atoms. The maximum Gasteiger partial charge on any atom is 0.343 e. The zero-order valence-electron chi connectivity index (χ0n) is 87.4. The number of esters is 4. The lowest BCUT2D eigenvalue weighted by Gasteiger charge is -2.48. The number of aliphatic hydroxyl groups is 4. The third-order valence-electron chi connectivity index (χ3n) is 34.2. The van der Waals surface area contributed by atoms with Crippen molar-refractivity contribution in [3.63, 3.8) is 0 Å². The first-order valence-corrected chi connectivity index (χ1v) is 58.3. The minimum absolute atomic E-state index is 0. The number of carbonyl (C=O) groups is 5. The van der Waals surface area contributed by atoms with Crippen LogP contribution in [0, 0.1) is 122 Å². The molecule has 0 radical (unpaired) electrons. The molecule has 0 bridgehead atoms. The summed E-state index contributed by atoms with van der Waals surface area (Å²) in [7, 11) is 3.35. The van der Waals surface area contributed by atoms with Crippen LogP contribution >= 0.6 is 0 Å². The van der Waals surface area contributed by atoms with Crippen molar-refractivity contribution in [3.8, 4) is 0 Å². The summed E-state index contributed by atoms with van der Waals surface area (Å²) in [6.45, 7) is 52.6. The second-order valence-electron chi connectivity index (χ2n) is 47.8. The molecule has 804 valence electrons. The molecule has 13 rings (SSSR count). The second-order valence-corrected chi connectivity index (χ2v) is 56.7. The predicted molar refractivity (Wildman–Crippen MR) is 546 cm³/mol. The Balaban J connectivity index is 0.000000311. The van der Waals surface area contributed by atoms with Gasteiger partial charge in [0.2, 0.25) is 6.29 Å². The predicted octanol–water partition coefficient (Wildman–Crippen LogP) is 21.7. The Morgan fingerprint density at radius 3 is 1.51 bits per heavy atom. The first-order valence-electron chi connectivity index (χ1n) is 51.5. The fourth-order valence-electron chi connectivity index (χ4n) is 27.9. The normalized spacial score (nSPS) is 37.2. The van der Waals surface area contributed by atoms with Crippen LogP contribution in [-0.4, -0.2) is 229 Å². The van der Waals surface area contributed by atoms with E-state index in [0.29, 0.717) is 159 Å². The summed E-state index contributed by atoms with van der Waals surface area (Å²) in [5.41, 5.74) is 0.681. The zero-order valence-corrected chi connectivity index (χ0v) is 89.4. The van der Waals surface area contributed by atoms with Gasteiger partial charge < -0.3 is 105 Å². The average Bonchev–Trinajstić information content (AvgIpc) is 1.60. The van der Waals surface area contributed by atoms with Crippen molar-refractivity contribution in [2.75, 3.05) is 95.6 Å². The van der Waals surface area contributed by atoms with Crippen molar-refractivity contribution >= 4 is 46.8 Å². The Hall–Kier alpha value is -3.48. The van der Waals surface area contributed by atoms with Crippen molar-refractivity contribution in [3.05, 3.63) is 35.5 Å². The monoisotopic (exact) mass is 1990 g/mol. The largest absolute Gasteiger partial charge is 0.463 e. The number of hydrogen-bond acceptors (Lipinski definition) is 26. The number of hydrogen-bond donors (Lipinski definition) is 4. The third-order valence-corrected chi connectivity index (χ3v) is 36.3. The van der Waals surface area contributed by atoms with Crippen molar-refractivity contribution in [2.24, 2.45) is 122 Å². The lowest BCUT2D eigenvalue weighted by atomic mass is 9.60. The van der Waals surface area contributed by atoms with Gasteiger partial charge in [-0.1, -0.05) is 149 Å². The van der Waals surface area contributed by atoms with Gasteiger partial charge in [0, 0.05) is 64.3 Å². The highest BCUT2D eigenvalue weighted by molar-refractivity contribution is 6.70.